The predicted molar refractivity (Wildman–Crippen MR) is 111 cm³/mol. The van der Waals surface area contributed by atoms with E-state index < -0.39 is 0 Å². The van der Waals surface area contributed by atoms with Gasteiger partial charge in [-0.15, -0.1) is 24.0 Å². The van der Waals surface area contributed by atoms with Crippen LogP contribution in [0.3, 0.4) is 0 Å². The summed E-state index contributed by atoms with van der Waals surface area (Å²) in [6.45, 7) is 6.70. The number of hydrogen-bond donors (Lipinski definition) is 2. The average Bonchev–Trinajstić information content (AvgIpc) is 3.04. The molecule has 2 rings (SSSR count). The predicted octanol–water partition coefficient (Wildman–Crippen LogP) is 2.97. The zero-order valence-corrected chi connectivity index (χ0v) is 17.7. The van der Waals surface area contributed by atoms with Crippen molar-refractivity contribution in [2.45, 2.75) is 42.6 Å². The number of nitrogens with zero attached hydrogens (tertiary/aromatic N) is 1. The number of guanidine groups is 1. The fourth-order valence-corrected chi connectivity index (χ4v) is 4.72. The van der Waals surface area contributed by atoms with Crippen molar-refractivity contribution in [3.8, 4) is 0 Å². The van der Waals surface area contributed by atoms with Gasteiger partial charge in [-0.1, -0.05) is 0 Å². The molecule has 1 atom stereocenters. The zero-order chi connectivity index (χ0) is 15.0. The minimum Gasteiger partial charge on any atom is -0.381 e. The van der Waals surface area contributed by atoms with Crippen LogP contribution in [0, 0.1) is 0 Å². The molecule has 4 nitrogen and oxygen atoms in total. The lowest BCUT2D eigenvalue weighted by atomic mass is 9.99. The average molecular weight is 459 g/mol. The number of rotatable bonds is 6. The second-order valence-corrected chi connectivity index (χ2v) is 8.39. The molecule has 0 aromatic carbocycles. The summed E-state index contributed by atoms with van der Waals surface area (Å²) in [5.74, 6) is 2.29. The van der Waals surface area contributed by atoms with Gasteiger partial charge in [0.15, 0.2) is 5.96 Å². The zero-order valence-electron chi connectivity index (χ0n) is 13.7. The highest BCUT2D eigenvalue weighted by Gasteiger charge is 2.31. The molecule has 0 bridgehead atoms. The van der Waals surface area contributed by atoms with Crippen LogP contribution in [0.15, 0.2) is 4.99 Å². The van der Waals surface area contributed by atoms with E-state index in [0.717, 1.165) is 56.9 Å². The highest BCUT2D eigenvalue weighted by atomic mass is 127. The summed E-state index contributed by atoms with van der Waals surface area (Å²) in [4.78, 5) is 4.85. The Balaban J connectivity index is 0.00000242. The number of thioether (sulfide) groups is 2. The molecule has 7 heteroatoms. The van der Waals surface area contributed by atoms with Crippen LogP contribution in [0.25, 0.3) is 0 Å². The van der Waals surface area contributed by atoms with Crippen molar-refractivity contribution >= 4 is 53.5 Å². The molecule has 2 fully saturated rings. The van der Waals surface area contributed by atoms with Crippen molar-refractivity contribution in [3.05, 3.63) is 0 Å². The summed E-state index contributed by atoms with van der Waals surface area (Å²) in [5.41, 5.74) is 0. The summed E-state index contributed by atoms with van der Waals surface area (Å²) in [5, 5.41) is 7.65. The van der Waals surface area contributed by atoms with Gasteiger partial charge in [-0.25, -0.2) is 0 Å². The Bertz CT molecular complexity index is 333. The van der Waals surface area contributed by atoms with Gasteiger partial charge in [-0.2, -0.15) is 23.5 Å². The van der Waals surface area contributed by atoms with Crippen molar-refractivity contribution in [2.75, 3.05) is 44.9 Å². The van der Waals surface area contributed by atoms with Crippen LogP contribution in [0.1, 0.15) is 32.6 Å². The normalized spacial score (nSPS) is 24.6. The van der Waals surface area contributed by atoms with Gasteiger partial charge < -0.3 is 15.4 Å². The molecule has 2 aliphatic rings. The number of nitrogens with one attached hydrogen (secondary N) is 2. The first-order valence-corrected chi connectivity index (χ1v) is 10.3. The summed E-state index contributed by atoms with van der Waals surface area (Å²) in [6.07, 6.45) is 7.12. The molecular weight excluding hydrogens is 429 g/mol. The Morgan fingerprint density at radius 1 is 1.36 bits per heavy atom. The van der Waals surface area contributed by atoms with Gasteiger partial charge in [0, 0.05) is 36.3 Å². The van der Waals surface area contributed by atoms with Crippen LogP contribution in [0.4, 0.5) is 0 Å². The quantitative estimate of drug-likeness (QED) is 0.363. The first-order valence-electron chi connectivity index (χ1n) is 8.05. The highest BCUT2D eigenvalue weighted by molar-refractivity contribution is 14.0. The van der Waals surface area contributed by atoms with E-state index in [9.17, 15) is 0 Å². The van der Waals surface area contributed by atoms with Gasteiger partial charge in [-0.05, 0) is 44.6 Å². The van der Waals surface area contributed by atoms with Gasteiger partial charge >= 0.3 is 0 Å². The van der Waals surface area contributed by atoms with Crippen molar-refractivity contribution in [1.82, 2.24) is 10.6 Å². The van der Waals surface area contributed by atoms with Crippen molar-refractivity contribution in [2.24, 2.45) is 4.99 Å². The molecule has 0 spiro atoms. The van der Waals surface area contributed by atoms with Crippen molar-refractivity contribution in [3.63, 3.8) is 0 Å². The van der Waals surface area contributed by atoms with Gasteiger partial charge in [-0.3, -0.25) is 4.99 Å². The van der Waals surface area contributed by atoms with Gasteiger partial charge in [0.1, 0.15) is 0 Å². The van der Waals surface area contributed by atoms with E-state index in [4.69, 9.17) is 9.73 Å². The number of ether oxygens (including phenoxy) is 1. The largest absolute Gasteiger partial charge is 0.381 e. The molecule has 0 radical (unpaired) electrons. The summed E-state index contributed by atoms with van der Waals surface area (Å²) >= 11 is 4.04. The molecule has 0 aromatic rings. The van der Waals surface area contributed by atoms with Crippen LogP contribution in [0.2, 0.25) is 0 Å². The van der Waals surface area contributed by atoms with E-state index in [1.165, 1.54) is 18.6 Å². The lowest BCUT2D eigenvalue weighted by Crippen LogP contribution is -2.42. The molecule has 2 heterocycles. The van der Waals surface area contributed by atoms with E-state index in [0.29, 0.717) is 0 Å². The second kappa shape index (κ2) is 11.3. The summed E-state index contributed by atoms with van der Waals surface area (Å²) in [6, 6.07) is 0. The van der Waals surface area contributed by atoms with Crippen LogP contribution < -0.4 is 10.6 Å². The van der Waals surface area contributed by atoms with Crippen LogP contribution >= 0.6 is 47.5 Å². The van der Waals surface area contributed by atoms with E-state index >= 15 is 0 Å². The molecule has 2 aliphatic heterocycles. The minimum absolute atomic E-state index is 0. The van der Waals surface area contributed by atoms with E-state index in [2.05, 4.69) is 35.6 Å². The topological polar surface area (TPSA) is 45.7 Å². The fourth-order valence-electron chi connectivity index (χ4n) is 2.75. The molecule has 0 aromatic heterocycles. The maximum absolute atomic E-state index is 5.50. The maximum atomic E-state index is 5.50. The molecular formula is C15H30IN3OS2. The first-order chi connectivity index (χ1) is 10.3. The smallest absolute Gasteiger partial charge is 0.191 e. The summed E-state index contributed by atoms with van der Waals surface area (Å²) in [7, 11) is 0. The van der Waals surface area contributed by atoms with E-state index in [-0.39, 0.29) is 28.7 Å². The third-order valence-corrected chi connectivity index (χ3v) is 7.03. The van der Waals surface area contributed by atoms with Crippen molar-refractivity contribution in [1.29, 1.82) is 0 Å². The molecule has 0 amide bonds. The number of halogens is 1. The Hall–Kier alpha value is 0.660. The standard InChI is InChI=1S/C15H29N3OS2.HI/c1-3-16-14(17-11-13-5-4-10-21-13)18-12-15(20-2)6-8-19-9-7-15;/h13H,3-12H2,1-2H3,(H2,16,17,18);1H. The van der Waals surface area contributed by atoms with Gasteiger partial charge in [0.2, 0.25) is 0 Å². The second-order valence-electron chi connectivity index (χ2n) is 5.71. The molecule has 0 saturated carbocycles. The molecule has 0 aliphatic carbocycles. The third-order valence-electron chi connectivity index (χ3n) is 4.23. The van der Waals surface area contributed by atoms with E-state index in [1.807, 2.05) is 11.8 Å². The maximum Gasteiger partial charge on any atom is 0.191 e. The molecule has 22 heavy (non-hydrogen) atoms. The monoisotopic (exact) mass is 459 g/mol. The third kappa shape index (κ3) is 6.65. The Kier molecular flexibility index (Phi) is 10.6. The molecule has 1 unspecified atom stereocenters. The molecule has 2 N–H and O–H groups in total. The Morgan fingerprint density at radius 2 is 2.14 bits per heavy atom. The molecule has 130 valence electrons. The van der Waals surface area contributed by atoms with Crippen LogP contribution in [-0.4, -0.2) is 60.8 Å². The number of aliphatic imine (C=N–C) groups is 1. The Labute approximate surface area is 160 Å². The lowest BCUT2D eigenvalue weighted by Gasteiger charge is -2.34. The minimum atomic E-state index is 0. The number of hydrogen-bond acceptors (Lipinski definition) is 4. The van der Waals surface area contributed by atoms with Gasteiger partial charge in [0.05, 0.1) is 6.54 Å². The Morgan fingerprint density at radius 3 is 2.73 bits per heavy atom. The SMILES string of the molecule is CCNC(=NCC1(SC)CCOCC1)NCC1CCCS1.I. The van der Waals surface area contributed by atoms with Gasteiger partial charge in [0.25, 0.3) is 0 Å². The lowest BCUT2D eigenvalue weighted by molar-refractivity contribution is 0.0794. The molecule has 2 saturated heterocycles. The first kappa shape index (κ1) is 20.7. The fraction of sp³-hybridized carbons (Fsp3) is 0.933. The highest BCUT2D eigenvalue weighted by Crippen LogP contribution is 2.34. The van der Waals surface area contributed by atoms with Crippen LogP contribution in [0.5, 0.6) is 0 Å². The van der Waals surface area contributed by atoms with E-state index in [1.54, 1.807) is 0 Å². The summed E-state index contributed by atoms with van der Waals surface area (Å²) < 4.78 is 5.77. The van der Waals surface area contributed by atoms with Crippen molar-refractivity contribution < 1.29 is 4.74 Å². The van der Waals surface area contributed by atoms with Crippen LogP contribution in [-0.2, 0) is 4.74 Å².